The number of carbonyl (C=O) groups excluding carboxylic acids is 2. The molecule has 0 aliphatic heterocycles. The third-order valence-electron chi connectivity index (χ3n) is 6.30. The van der Waals surface area contributed by atoms with Crippen LogP contribution in [-0.4, -0.2) is 51.6 Å². The first-order valence-electron chi connectivity index (χ1n) is 11.5. The van der Waals surface area contributed by atoms with Crippen molar-refractivity contribution < 1.29 is 19.1 Å². The molecule has 0 radical (unpaired) electrons. The summed E-state index contributed by atoms with van der Waals surface area (Å²) in [4.78, 5) is 27.6. The molecule has 1 saturated carbocycles. The number of thioether (sulfide) groups is 2. The molecule has 2 atom stereocenters. The van der Waals surface area contributed by atoms with E-state index in [2.05, 4.69) is 10.6 Å². The van der Waals surface area contributed by atoms with Gasteiger partial charge in [-0.15, -0.1) is 23.5 Å². The third kappa shape index (κ3) is 6.85. The van der Waals surface area contributed by atoms with Gasteiger partial charge in [-0.25, -0.2) is 0 Å². The number of benzene rings is 2. The smallest absolute Gasteiger partial charge is 0.255 e. The summed E-state index contributed by atoms with van der Waals surface area (Å²) in [7, 11) is 3.17. The normalized spacial score (nSPS) is 17.6. The largest absolute Gasteiger partial charge is 0.496 e. The lowest BCUT2D eigenvalue weighted by Gasteiger charge is -2.29. The Morgan fingerprint density at radius 2 is 1.26 bits per heavy atom. The minimum atomic E-state index is -0.110. The number of rotatable bonds is 10. The van der Waals surface area contributed by atoms with Gasteiger partial charge in [-0.1, -0.05) is 6.42 Å². The van der Waals surface area contributed by atoms with Crippen LogP contribution in [0.15, 0.2) is 46.2 Å². The van der Waals surface area contributed by atoms with E-state index in [0.29, 0.717) is 47.6 Å². The highest BCUT2D eigenvalue weighted by molar-refractivity contribution is 7.98. The van der Waals surface area contributed by atoms with Crippen LogP contribution < -0.4 is 20.1 Å². The summed E-state index contributed by atoms with van der Waals surface area (Å²) >= 11 is 3.23. The summed E-state index contributed by atoms with van der Waals surface area (Å²) in [6, 6.07) is 11.3. The minimum absolute atomic E-state index is 0.110. The highest BCUT2D eigenvalue weighted by Gasteiger charge is 2.24. The van der Waals surface area contributed by atoms with Crippen molar-refractivity contribution in [3.8, 4) is 11.5 Å². The number of carbonyl (C=O) groups is 2. The fourth-order valence-corrected chi connectivity index (χ4v) is 5.27. The van der Waals surface area contributed by atoms with E-state index in [4.69, 9.17) is 9.47 Å². The molecule has 8 heteroatoms. The van der Waals surface area contributed by atoms with Crippen molar-refractivity contribution in [2.75, 3.05) is 39.8 Å². The van der Waals surface area contributed by atoms with Crippen LogP contribution >= 0.6 is 23.5 Å². The molecule has 0 saturated heterocycles. The van der Waals surface area contributed by atoms with Gasteiger partial charge in [0.15, 0.2) is 0 Å². The maximum Gasteiger partial charge on any atom is 0.255 e. The second-order valence-corrected chi connectivity index (χ2v) is 10.2. The van der Waals surface area contributed by atoms with E-state index in [0.717, 1.165) is 35.5 Å². The van der Waals surface area contributed by atoms with Crippen molar-refractivity contribution in [2.45, 2.75) is 35.5 Å². The van der Waals surface area contributed by atoms with Crippen LogP contribution in [0, 0.1) is 11.8 Å². The average molecular weight is 503 g/mol. The molecule has 184 valence electrons. The lowest BCUT2D eigenvalue weighted by atomic mass is 9.81. The molecule has 0 aromatic heterocycles. The van der Waals surface area contributed by atoms with E-state index in [1.54, 1.807) is 37.7 Å². The quantitative estimate of drug-likeness (QED) is 0.440. The van der Waals surface area contributed by atoms with Crippen molar-refractivity contribution in [3.63, 3.8) is 0 Å². The van der Waals surface area contributed by atoms with Crippen LogP contribution in [0.1, 0.15) is 46.4 Å². The van der Waals surface area contributed by atoms with Gasteiger partial charge in [0.2, 0.25) is 0 Å². The molecule has 1 aliphatic rings. The molecule has 0 bridgehead atoms. The molecule has 0 spiro atoms. The van der Waals surface area contributed by atoms with Crippen molar-refractivity contribution in [1.29, 1.82) is 0 Å². The van der Waals surface area contributed by atoms with Gasteiger partial charge in [-0.05, 0) is 80.0 Å². The van der Waals surface area contributed by atoms with Crippen molar-refractivity contribution in [1.82, 2.24) is 10.6 Å². The Kier molecular flexibility index (Phi) is 10.0. The molecule has 2 amide bonds. The molecular weight excluding hydrogens is 468 g/mol. The fraction of sp³-hybridized carbons (Fsp3) is 0.462. The zero-order chi connectivity index (χ0) is 24.5. The Balaban J connectivity index is 1.51. The summed E-state index contributed by atoms with van der Waals surface area (Å²) in [5, 5.41) is 6.17. The van der Waals surface area contributed by atoms with Crippen LogP contribution in [-0.2, 0) is 0 Å². The van der Waals surface area contributed by atoms with Crippen LogP contribution in [0.4, 0.5) is 0 Å². The topological polar surface area (TPSA) is 76.7 Å². The summed E-state index contributed by atoms with van der Waals surface area (Å²) in [5.74, 6) is 1.75. The van der Waals surface area contributed by atoms with Gasteiger partial charge in [-0.2, -0.15) is 0 Å². The van der Waals surface area contributed by atoms with Gasteiger partial charge in [-0.3, -0.25) is 9.59 Å². The van der Waals surface area contributed by atoms with Crippen LogP contribution in [0.2, 0.25) is 0 Å². The van der Waals surface area contributed by atoms with E-state index >= 15 is 0 Å². The molecule has 34 heavy (non-hydrogen) atoms. The van der Waals surface area contributed by atoms with E-state index in [1.807, 2.05) is 48.9 Å². The summed E-state index contributed by atoms with van der Waals surface area (Å²) in [6.45, 7) is 1.25. The van der Waals surface area contributed by atoms with Crippen molar-refractivity contribution in [2.24, 2.45) is 11.8 Å². The molecule has 2 N–H and O–H groups in total. The van der Waals surface area contributed by atoms with Gasteiger partial charge in [0, 0.05) is 22.9 Å². The van der Waals surface area contributed by atoms with E-state index < -0.39 is 0 Å². The molecule has 1 fully saturated rings. The standard InChI is InChI=1S/C26H34N2O4S2/c1-31-23-13-19(33-3)8-10-21(23)25(29)27-15-17-6-5-7-18(12-17)16-28-26(30)22-11-9-20(34-4)14-24(22)32-2/h8-11,13-14,17-18H,5-7,12,15-16H2,1-4H3,(H,27,29)(H,28,30). The van der Waals surface area contributed by atoms with Gasteiger partial charge in [0.1, 0.15) is 11.5 Å². The maximum absolute atomic E-state index is 12.8. The first-order chi connectivity index (χ1) is 16.5. The van der Waals surface area contributed by atoms with Crippen LogP contribution in [0.3, 0.4) is 0 Å². The number of nitrogens with one attached hydrogen (secondary N) is 2. The number of ether oxygens (including phenoxy) is 2. The molecule has 2 aromatic rings. The minimum Gasteiger partial charge on any atom is -0.496 e. The number of hydrogen-bond acceptors (Lipinski definition) is 6. The molecule has 6 nitrogen and oxygen atoms in total. The number of methoxy groups -OCH3 is 2. The van der Waals surface area contributed by atoms with E-state index in [1.165, 1.54) is 0 Å². The van der Waals surface area contributed by atoms with Crippen LogP contribution in [0.25, 0.3) is 0 Å². The van der Waals surface area contributed by atoms with E-state index in [-0.39, 0.29) is 11.8 Å². The summed E-state index contributed by atoms with van der Waals surface area (Å²) in [6.07, 6.45) is 8.22. The fourth-order valence-electron chi connectivity index (χ4n) is 4.41. The Bertz CT molecular complexity index is 921. The highest BCUT2D eigenvalue weighted by Crippen LogP contribution is 2.30. The summed E-state index contributed by atoms with van der Waals surface area (Å²) < 4.78 is 10.8. The van der Waals surface area contributed by atoms with Gasteiger partial charge in [0.05, 0.1) is 25.3 Å². The Labute approximate surface area is 210 Å². The lowest BCUT2D eigenvalue weighted by Crippen LogP contribution is -2.35. The zero-order valence-corrected chi connectivity index (χ0v) is 21.9. The molecule has 0 heterocycles. The molecular formula is C26H34N2O4S2. The monoisotopic (exact) mass is 502 g/mol. The first kappa shape index (κ1) is 26.3. The van der Waals surface area contributed by atoms with Gasteiger partial charge < -0.3 is 20.1 Å². The first-order valence-corrected chi connectivity index (χ1v) is 13.9. The predicted octanol–water partition coefficient (Wildman–Crippen LogP) is 5.11. The average Bonchev–Trinajstić information content (AvgIpc) is 2.89. The Morgan fingerprint density at radius 1 is 0.824 bits per heavy atom. The lowest BCUT2D eigenvalue weighted by molar-refractivity contribution is 0.0932. The second-order valence-electron chi connectivity index (χ2n) is 8.45. The zero-order valence-electron chi connectivity index (χ0n) is 20.3. The third-order valence-corrected chi connectivity index (χ3v) is 7.75. The predicted molar refractivity (Wildman–Crippen MR) is 140 cm³/mol. The Hall–Kier alpha value is -2.32. The van der Waals surface area contributed by atoms with Gasteiger partial charge >= 0.3 is 0 Å². The number of amides is 2. The summed E-state index contributed by atoms with van der Waals surface area (Å²) in [5.41, 5.74) is 1.11. The molecule has 2 aromatic carbocycles. The van der Waals surface area contributed by atoms with Gasteiger partial charge in [0.25, 0.3) is 11.8 Å². The number of hydrogen-bond donors (Lipinski definition) is 2. The van der Waals surface area contributed by atoms with Crippen molar-refractivity contribution >= 4 is 35.3 Å². The SMILES string of the molecule is COc1cc(SC)ccc1C(=O)NCC1CCCC(CNC(=O)c2ccc(SC)cc2OC)C1. The highest BCUT2D eigenvalue weighted by atomic mass is 32.2. The van der Waals surface area contributed by atoms with Crippen LogP contribution in [0.5, 0.6) is 11.5 Å². The molecule has 3 rings (SSSR count). The molecule has 1 aliphatic carbocycles. The second kappa shape index (κ2) is 13.0. The van der Waals surface area contributed by atoms with Crippen molar-refractivity contribution in [3.05, 3.63) is 47.5 Å². The Morgan fingerprint density at radius 3 is 1.65 bits per heavy atom. The molecule has 2 unspecified atom stereocenters. The van der Waals surface area contributed by atoms with E-state index in [9.17, 15) is 9.59 Å². The maximum atomic E-state index is 12.8.